The first kappa shape index (κ1) is 22.3. The van der Waals surface area contributed by atoms with Gasteiger partial charge in [0.25, 0.3) is 0 Å². The minimum absolute atomic E-state index is 0.151. The van der Waals surface area contributed by atoms with Gasteiger partial charge in [0.1, 0.15) is 0 Å². The summed E-state index contributed by atoms with van der Waals surface area (Å²) in [5, 5.41) is 11.5. The van der Waals surface area contributed by atoms with E-state index in [-0.39, 0.29) is 41.0 Å². The van der Waals surface area contributed by atoms with Crippen molar-refractivity contribution in [2.45, 2.75) is 25.7 Å². The monoisotopic (exact) mass is 422 g/mol. The molecular formula is C19H22N2O7S. The molecule has 0 amide bonds. The molecule has 10 heteroatoms. The number of nitro groups is 1. The van der Waals surface area contributed by atoms with E-state index in [9.17, 15) is 23.3 Å². The number of sulfonamides is 1. The first-order valence-electron chi connectivity index (χ1n) is 8.81. The normalized spacial score (nSPS) is 11.3. The molecule has 9 nitrogen and oxygen atoms in total. The van der Waals surface area contributed by atoms with E-state index < -0.39 is 20.6 Å². The zero-order valence-electron chi connectivity index (χ0n) is 16.5. The van der Waals surface area contributed by atoms with Crippen LogP contribution in [-0.4, -0.2) is 43.6 Å². The fourth-order valence-electron chi connectivity index (χ4n) is 2.69. The maximum Gasteiger partial charge on any atom is 0.312 e. The molecule has 0 heterocycles. The molecule has 0 N–H and O–H groups in total. The third kappa shape index (κ3) is 4.72. The Morgan fingerprint density at radius 3 is 2.21 bits per heavy atom. The number of ketones is 1. The predicted molar refractivity (Wildman–Crippen MR) is 106 cm³/mol. The molecule has 2 aromatic rings. The molecule has 0 aliphatic heterocycles. The molecular weight excluding hydrogens is 400 g/mol. The number of ether oxygens (including phenoxy) is 2. The molecule has 0 fully saturated rings. The third-order valence-electron chi connectivity index (χ3n) is 4.26. The summed E-state index contributed by atoms with van der Waals surface area (Å²) in [5.41, 5.74) is -0.111. The van der Waals surface area contributed by atoms with Crippen LogP contribution in [0.4, 0.5) is 5.69 Å². The van der Waals surface area contributed by atoms with Crippen molar-refractivity contribution < 1.29 is 27.6 Å². The van der Waals surface area contributed by atoms with Gasteiger partial charge in [-0.1, -0.05) is 13.8 Å². The molecule has 0 saturated carbocycles. The highest BCUT2D eigenvalue weighted by atomic mass is 32.2. The predicted octanol–water partition coefficient (Wildman–Crippen LogP) is 3.63. The summed E-state index contributed by atoms with van der Waals surface area (Å²) >= 11 is 0. The first-order chi connectivity index (χ1) is 13.6. The van der Waals surface area contributed by atoms with Crippen molar-refractivity contribution in [3.8, 4) is 17.2 Å². The molecule has 2 aromatic carbocycles. The van der Waals surface area contributed by atoms with Crippen molar-refractivity contribution in [3.05, 3.63) is 52.1 Å². The number of benzene rings is 2. The first-order valence-corrected chi connectivity index (χ1v) is 10.2. The van der Waals surface area contributed by atoms with E-state index in [1.807, 2.05) is 0 Å². The van der Waals surface area contributed by atoms with Crippen molar-refractivity contribution in [2.75, 3.05) is 20.2 Å². The van der Waals surface area contributed by atoms with E-state index in [4.69, 9.17) is 9.47 Å². The molecule has 29 heavy (non-hydrogen) atoms. The Morgan fingerprint density at radius 2 is 1.69 bits per heavy atom. The Hall–Kier alpha value is -2.98. The average Bonchev–Trinajstić information content (AvgIpc) is 2.68. The Balaban J connectivity index is 2.50. The van der Waals surface area contributed by atoms with E-state index in [0.29, 0.717) is 5.56 Å². The molecule has 0 saturated heterocycles. The number of Topliss-reactive ketones (excluding diaryl/α,β-unsaturated/α-hetero) is 1. The summed E-state index contributed by atoms with van der Waals surface area (Å²) in [5.74, 6) is 0.0425. The number of hydrogen-bond acceptors (Lipinski definition) is 7. The van der Waals surface area contributed by atoms with Crippen molar-refractivity contribution in [2.24, 2.45) is 0 Å². The topological polar surface area (TPSA) is 116 Å². The number of methoxy groups -OCH3 is 1. The van der Waals surface area contributed by atoms with Crippen LogP contribution in [0.25, 0.3) is 0 Å². The van der Waals surface area contributed by atoms with Crippen LogP contribution in [0.3, 0.4) is 0 Å². The molecule has 156 valence electrons. The second-order valence-corrected chi connectivity index (χ2v) is 7.94. The largest absolute Gasteiger partial charge is 0.493 e. The van der Waals surface area contributed by atoms with Crippen molar-refractivity contribution >= 4 is 21.5 Å². The molecule has 0 aliphatic rings. The van der Waals surface area contributed by atoms with E-state index in [1.54, 1.807) is 13.8 Å². The van der Waals surface area contributed by atoms with E-state index in [2.05, 4.69) is 0 Å². The van der Waals surface area contributed by atoms with Gasteiger partial charge in [0.05, 0.1) is 16.9 Å². The fourth-order valence-corrected chi connectivity index (χ4v) is 4.17. The van der Waals surface area contributed by atoms with Crippen LogP contribution in [0.2, 0.25) is 0 Å². The van der Waals surface area contributed by atoms with Gasteiger partial charge in [-0.05, 0) is 37.3 Å². The van der Waals surface area contributed by atoms with Gasteiger partial charge >= 0.3 is 5.69 Å². The van der Waals surface area contributed by atoms with Crippen LogP contribution in [0.1, 0.15) is 31.1 Å². The van der Waals surface area contributed by atoms with Gasteiger partial charge in [0.15, 0.2) is 17.3 Å². The average molecular weight is 422 g/mol. The van der Waals surface area contributed by atoms with Gasteiger partial charge in [0, 0.05) is 24.7 Å². The lowest BCUT2D eigenvalue weighted by Gasteiger charge is -2.18. The number of carbonyl (C=O) groups is 1. The maximum atomic E-state index is 12.7. The fraction of sp³-hybridized carbons (Fsp3) is 0.316. The SMILES string of the molecule is CCN(CC)S(=O)(=O)c1ccc(Oc2ccc(C(C)=O)cc2OC)c([N+](=O)[O-])c1. The molecule has 0 radical (unpaired) electrons. The van der Waals surface area contributed by atoms with Gasteiger partial charge in [0.2, 0.25) is 15.8 Å². The highest BCUT2D eigenvalue weighted by Gasteiger charge is 2.27. The molecule has 0 aliphatic carbocycles. The van der Waals surface area contributed by atoms with E-state index >= 15 is 0 Å². The number of nitrogens with zero attached hydrogens (tertiary/aromatic N) is 2. The van der Waals surface area contributed by atoms with Gasteiger partial charge < -0.3 is 9.47 Å². The van der Waals surface area contributed by atoms with Gasteiger partial charge in [-0.25, -0.2) is 8.42 Å². The summed E-state index contributed by atoms with van der Waals surface area (Å²) < 4.78 is 37.3. The lowest BCUT2D eigenvalue weighted by atomic mass is 10.1. The molecule has 0 atom stereocenters. The van der Waals surface area contributed by atoms with Crippen LogP contribution in [0, 0.1) is 10.1 Å². The smallest absolute Gasteiger partial charge is 0.312 e. The Morgan fingerprint density at radius 1 is 1.07 bits per heavy atom. The lowest BCUT2D eigenvalue weighted by Crippen LogP contribution is -2.30. The zero-order chi connectivity index (χ0) is 21.8. The second kappa shape index (κ2) is 9.01. The Labute approximate surface area is 169 Å². The highest BCUT2D eigenvalue weighted by molar-refractivity contribution is 7.89. The van der Waals surface area contributed by atoms with Crippen molar-refractivity contribution in [3.63, 3.8) is 0 Å². The number of carbonyl (C=O) groups excluding carboxylic acids is 1. The van der Waals surface area contributed by atoms with E-state index in [1.165, 1.54) is 48.7 Å². The van der Waals surface area contributed by atoms with Crippen LogP contribution in [-0.2, 0) is 10.0 Å². The summed E-state index contributed by atoms with van der Waals surface area (Å²) in [6.45, 7) is 5.25. The number of hydrogen-bond donors (Lipinski definition) is 0. The molecule has 0 spiro atoms. The third-order valence-corrected chi connectivity index (χ3v) is 6.31. The summed E-state index contributed by atoms with van der Waals surface area (Å²) in [6.07, 6.45) is 0. The minimum atomic E-state index is -3.86. The standard InChI is InChI=1S/C19H22N2O7S/c1-5-20(6-2)29(25,26)15-8-10-17(16(12-15)21(23)24)28-18-9-7-14(13(3)22)11-19(18)27-4/h7-12H,5-6H2,1-4H3. The Bertz CT molecular complexity index is 1030. The van der Waals surface area contributed by atoms with Gasteiger partial charge in [-0.2, -0.15) is 4.31 Å². The maximum absolute atomic E-state index is 12.7. The van der Waals surface area contributed by atoms with Crippen LogP contribution >= 0.6 is 0 Å². The Kier molecular flexibility index (Phi) is 6.93. The lowest BCUT2D eigenvalue weighted by molar-refractivity contribution is -0.385. The minimum Gasteiger partial charge on any atom is -0.493 e. The van der Waals surface area contributed by atoms with E-state index in [0.717, 1.165) is 6.07 Å². The summed E-state index contributed by atoms with van der Waals surface area (Å²) in [7, 11) is -2.49. The van der Waals surface area contributed by atoms with Crippen LogP contribution in [0.5, 0.6) is 17.2 Å². The molecule has 0 unspecified atom stereocenters. The second-order valence-electron chi connectivity index (χ2n) is 6.00. The van der Waals surface area contributed by atoms with Crippen LogP contribution in [0.15, 0.2) is 41.3 Å². The van der Waals surface area contributed by atoms with Crippen molar-refractivity contribution in [1.29, 1.82) is 0 Å². The molecule has 0 bridgehead atoms. The van der Waals surface area contributed by atoms with Gasteiger partial charge in [-0.15, -0.1) is 0 Å². The number of rotatable bonds is 9. The van der Waals surface area contributed by atoms with Gasteiger partial charge in [-0.3, -0.25) is 14.9 Å². The molecule has 2 rings (SSSR count). The molecule has 0 aromatic heterocycles. The summed E-state index contributed by atoms with van der Waals surface area (Å²) in [4.78, 5) is 22.1. The zero-order valence-corrected chi connectivity index (χ0v) is 17.4. The quantitative estimate of drug-likeness (QED) is 0.344. The van der Waals surface area contributed by atoms with Crippen molar-refractivity contribution in [1.82, 2.24) is 4.31 Å². The number of nitro benzene ring substituents is 1. The summed E-state index contributed by atoms with van der Waals surface area (Å²) in [6, 6.07) is 7.88. The highest BCUT2D eigenvalue weighted by Crippen LogP contribution is 2.38. The van der Waals surface area contributed by atoms with Crippen LogP contribution < -0.4 is 9.47 Å².